The summed E-state index contributed by atoms with van der Waals surface area (Å²) < 4.78 is 10.3. The first-order chi connectivity index (χ1) is 8.74. The van der Waals surface area contributed by atoms with E-state index in [1.54, 1.807) is 7.11 Å². The molecular formula is C12H14BrN3OS. The molecule has 0 aliphatic heterocycles. The Kier molecular flexibility index (Phi) is 4.68. The van der Waals surface area contributed by atoms with Crippen LogP contribution < -0.4 is 10.1 Å². The first-order valence-electron chi connectivity index (χ1n) is 5.51. The summed E-state index contributed by atoms with van der Waals surface area (Å²) in [6.45, 7) is 0. The van der Waals surface area contributed by atoms with Crippen LogP contribution in [-0.2, 0) is 6.42 Å². The van der Waals surface area contributed by atoms with Crippen LogP contribution in [0.1, 0.15) is 17.3 Å². The van der Waals surface area contributed by atoms with Crippen LogP contribution in [0.25, 0.3) is 0 Å². The van der Waals surface area contributed by atoms with E-state index in [9.17, 15) is 0 Å². The number of nitrogens with one attached hydrogen (secondary N) is 1. The van der Waals surface area contributed by atoms with E-state index in [-0.39, 0.29) is 6.04 Å². The van der Waals surface area contributed by atoms with Gasteiger partial charge in [-0.1, -0.05) is 20.4 Å². The van der Waals surface area contributed by atoms with Gasteiger partial charge in [-0.25, -0.2) is 0 Å². The summed E-state index contributed by atoms with van der Waals surface area (Å²) in [6, 6.07) is 6.15. The number of benzene rings is 1. The van der Waals surface area contributed by atoms with E-state index in [1.165, 1.54) is 11.5 Å². The summed E-state index contributed by atoms with van der Waals surface area (Å²) in [4.78, 5) is 0. The molecule has 0 saturated carbocycles. The minimum absolute atomic E-state index is 0.145. The Balaban J connectivity index is 2.24. The van der Waals surface area contributed by atoms with Crippen molar-refractivity contribution in [1.82, 2.24) is 14.9 Å². The zero-order chi connectivity index (χ0) is 13.0. The molecule has 1 heterocycles. The molecule has 0 aliphatic carbocycles. The molecule has 2 rings (SSSR count). The molecule has 96 valence electrons. The van der Waals surface area contributed by atoms with E-state index in [0.717, 1.165) is 27.9 Å². The fraction of sp³-hybridized carbons (Fsp3) is 0.333. The molecule has 1 unspecified atom stereocenters. The van der Waals surface area contributed by atoms with E-state index in [2.05, 4.69) is 36.9 Å². The van der Waals surface area contributed by atoms with Gasteiger partial charge >= 0.3 is 0 Å². The minimum Gasteiger partial charge on any atom is -0.496 e. The molecule has 1 aromatic carbocycles. The Morgan fingerprint density at radius 2 is 2.33 bits per heavy atom. The molecule has 0 amide bonds. The normalized spacial score (nSPS) is 12.4. The lowest BCUT2D eigenvalue weighted by Crippen LogP contribution is -2.19. The van der Waals surface area contributed by atoms with E-state index in [4.69, 9.17) is 4.74 Å². The average Bonchev–Trinajstić information content (AvgIpc) is 2.90. The molecule has 0 saturated heterocycles. The van der Waals surface area contributed by atoms with Gasteiger partial charge in [-0.15, -0.1) is 5.10 Å². The van der Waals surface area contributed by atoms with E-state index < -0.39 is 0 Å². The average molecular weight is 328 g/mol. The van der Waals surface area contributed by atoms with Gasteiger partial charge in [0.25, 0.3) is 0 Å². The van der Waals surface area contributed by atoms with E-state index in [1.807, 2.05) is 24.6 Å². The van der Waals surface area contributed by atoms with Crippen molar-refractivity contribution in [3.8, 4) is 5.75 Å². The molecule has 1 aromatic heterocycles. The Morgan fingerprint density at radius 3 is 2.94 bits per heavy atom. The lowest BCUT2D eigenvalue weighted by molar-refractivity contribution is 0.406. The van der Waals surface area contributed by atoms with Crippen LogP contribution in [0.5, 0.6) is 5.75 Å². The quantitative estimate of drug-likeness (QED) is 0.917. The largest absolute Gasteiger partial charge is 0.496 e. The van der Waals surface area contributed by atoms with Crippen LogP contribution in [0, 0.1) is 0 Å². The molecule has 4 nitrogen and oxygen atoms in total. The van der Waals surface area contributed by atoms with Crippen LogP contribution in [0.2, 0.25) is 0 Å². The minimum atomic E-state index is 0.145. The molecule has 6 heteroatoms. The SMILES string of the molecule is CNC(Cc1cc(Br)ccc1OC)c1csnn1. The van der Waals surface area contributed by atoms with Gasteiger partial charge in [0.05, 0.1) is 18.8 Å². The van der Waals surface area contributed by atoms with Gasteiger partial charge in [0, 0.05) is 9.85 Å². The molecule has 1 N–H and O–H groups in total. The number of nitrogens with zero attached hydrogens (tertiary/aromatic N) is 2. The standard InChI is InChI=1S/C12H14BrN3OS/c1-14-10(11-7-18-16-15-11)6-8-5-9(13)3-4-12(8)17-2/h3-5,7,10,14H,6H2,1-2H3. The van der Waals surface area contributed by atoms with Crippen molar-refractivity contribution in [3.63, 3.8) is 0 Å². The molecule has 0 aliphatic rings. The first-order valence-corrected chi connectivity index (χ1v) is 7.14. The molecule has 0 spiro atoms. The van der Waals surface area contributed by atoms with Crippen molar-refractivity contribution >= 4 is 27.5 Å². The maximum Gasteiger partial charge on any atom is 0.122 e. The zero-order valence-corrected chi connectivity index (χ0v) is 12.6. The topological polar surface area (TPSA) is 47.0 Å². The van der Waals surface area contributed by atoms with Crippen LogP contribution in [0.4, 0.5) is 0 Å². The molecule has 0 bridgehead atoms. The highest BCUT2D eigenvalue weighted by molar-refractivity contribution is 9.10. The summed E-state index contributed by atoms with van der Waals surface area (Å²) in [5.41, 5.74) is 2.10. The predicted octanol–water partition coefficient (Wildman–Crippen LogP) is 2.81. The highest BCUT2D eigenvalue weighted by Gasteiger charge is 2.15. The summed E-state index contributed by atoms with van der Waals surface area (Å²) in [6.07, 6.45) is 0.810. The third-order valence-corrected chi connectivity index (χ3v) is 3.76. The summed E-state index contributed by atoms with van der Waals surface area (Å²) >= 11 is 4.85. The Bertz CT molecular complexity index is 504. The third-order valence-electron chi connectivity index (χ3n) is 2.75. The predicted molar refractivity (Wildman–Crippen MR) is 76.1 cm³/mol. The Labute approximate surface area is 119 Å². The number of hydrogen-bond donors (Lipinski definition) is 1. The van der Waals surface area contributed by atoms with E-state index >= 15 is 0 Å². The maximum atomic E-state index is 5.38. The van der Waals surface area contributed by atoms with Crippen molar-refractivity contribution in [2.75, 3.05) is 14.2 Å². The van der Waals surface area contributed by atoms with Crippen LogP contribution in [0.3, 0.4) is 0 Å². The fourth-order valence-corrected chi connectivity index (χ4v) is 2.72. The Morgan fingerprint density at radius 1 is 1.50 bits per heavy atom. The van der Waals surface area contributed by atoms with Gasteiger partial charge in [-0.05, 0) is 48.8 Å². The van der Waals surface area contributed by atoms with Crippen molar-refractivity contribution in [1.29, 1.82) is 0 Å². The number of hydrogen-bond acceptors (Lipinski definition) is 5. The number of likely N-dealkylation sites (N-methyl/N-ethyl adjacent to an activating group) is 1. The Hall–Kier alpha value is -0.980. The molecule has 0 fully saturated rings. The lowest BCUT2D eigenvalue weighted by Gasteiger charge is -2.15. The van der Waals surface area contributed by atoms with Crippen molar-refractivity contribution in [2.45, 2.75) is 12.5 Å². The highest BCUT2D eigenvalue weighted by atomic mass is 79.9. The number of ether oxygens (including phenoxy) is 1. The fourth-order valence-electron chi connectivity index (χ4n) is 1.80. The second kappa shape index (κ2) is 6.26. The monoisotopic (exact) mass is 327 g/mol. The summed E-state index contributed by atoms with van der Waals surface area (Å²) in [7, 11) is 3.61. The van der Waals surface area contributed by atoms with Crippen molar-refractivity contribution < 1.29 is 4.74 Å². The van der Waals surface area contributed by atoms with Crippen LogP contribution >= 0.6 is 27.5 Å². The third kappa shape index (κ3) is 3.07. The molecule has 1 atom stereocenters. The van der Waals surface area contributed by atoms with Crippen molar-refractivity contribution in [3.05, 3.63) is 39.3 Å². The van der Waals surface area contributed by atoms with Crippen LogP contribution in [0.15, 0.2) is 28.1 Å². The van der Waals surface area contributed by atoms with Gasteiger partial charge in [0.1, 0.15) is 5.75 Å². The number of methoxy groups -OCH3 is 1. The van der Waals surface area contributed by atoms with Crippen LogP contribution in [-0.4, -0.2) is 23.7 Å². The van der Waals surface area contributed by atoms with Gasteiger partial charge < -0.3 is 10.1 Å². The number of rotatable bonds is 5. The molecule has 18 heavy (non-hydrogen) atoms. The van der Waals surface area contributed by atoms with Crippen molar-refractivity contribution in [2.24, 2.45) is 0 Å². The second-order valence-electron chi connectivity index (χ2n) is 3.83. The van der Waals surface area contributed by atoms with Gasteiger partial charge in [0.2, 0.25) is 0 Å². The summed E-state index contributed by atoms with van der Waals surface area (Å²) in [5.74, 6) is 0.890. The highest BCUT2D eigenvalue weighted by Crippen LogP contribution is 2.27. The van der Waals surface area contributed by atoms with Gasteiger partial charge in [0.15, 0.2) is 0 Å². The maximum absolute atomic E-state index is 5.38. The lowest BCUT2D eigenvalue weighted by atomic mass is 10.0. The molecular weight excluding hydrogens is 314 g/mol. The second-order valence-corrected chi connectivity index (χ2v) is 5.36. The molecule has 0 radical (unpaired) electrons. The van der Waals surface area contributed by atoms with Gasteiger partial charge in [-0.3, -0.25) is 0 Å². The first kappa shape index (κ1) is 13.5. The van der Waals surface area contributed by atoms with Gasteiger partial charge in [-0.2, -0.15) is 0 Å². The van der Waals surface area contributed by atoms with E-state index in [0.29, 0.717) is 0 Å². The zero-order valence-electron chi connectivity index (χ0n) is 10.2. The smallest absolute Gasteiger partial charge is 0.122 e. The summed E-state index contributed by atoms with van der Waals surface area (Å²) in [5, 5.41) is 9.34. The molecule has 2 aromatic rings. The number of halogens is 1. The number of aromatic nitrogens is 2.